The smallest absolute Gasteiger partial charge is 0.338 e. The van der Waals surface area contributed by atoms with E-state index in [0.717, 1.165) is 25.7 Å². The van der Waals surface area contributed by atoms with E-state index < -0.39 is 16.0 Å². The number of rotatable bonds is 7. The van der Waals surface area contributed by atoms with Gasteiger partial charge in [0, 0.05) is 19.6 Å². The molecule has 0 radical (unpaired) electrons. The highest BCUT2D eigenvalue weighted by molar-refractivity contribution is 7.89. The van der Waals surface area contributed by atoms with Gasteiger partial charge in [-0.15, -0.1) is 0 Å². The molecule has 1 aliphatic heterocycles. The minimum absolute atomic E-state index is 0.0688. The Morgan fingerprint density at radius 1 is 1.20 bits per heavy atom. The molecule has 0 aliphatic carbocycles. The lowest BCUT2D eigenvalue weighted by molar-refractivity contribution is -0.124. The minimum Gasteiger partial charge on any atom is -0.452 e. The number of amides is 1. The summed E-state index contributed by atoms with van der Waals surface area (Å²) in [7, 11) is -3.62. The van der Waals surface area contributed by atoms with E-state index in [1.807, 2.05) is 6.92 Å². The Balaban J connectivity index is 2.05. The summed E-state index contributed by atoms with van der Waals surface area (Å²) in [6.45, 7) is 3.03. The van der Waals surface area contributed by atoms with Crippen LogP contribution in [0.2, 0.25) is 0 Å². The molecule has 8 heteroatoms. The minimum atomic E-state index is -3.62. The topological polar surface area (TPSA) is 92.8 Å². The first-order valence-corrected chi connectivity index (χ1v) is 9.93. The summed E-state index contributed by atoms with van der Waals surface area (Å²) in [6.07, 6.45) is 3.50. The van der Waals surface area contributed by atoms with E-state index in [-0.39, 0.29) is 23.0 Å². The second kappa shape index (κ2) is 8.96. The molecule has 1 amide bonds. The van der Waals surface area contributed by atoms with Gasteiger partial charge in [0.15, 0.2) is 6.61 Å². The molecular formula is C17H24N2O5S. The number of piperidine rings is 1. The Hall–Kier alpha value is -1.93. The van der Waals surface area contributed by atoms with Crippen LogP contribution in [0.5, 0.6) is 0 Å². The van der Waals surface area contributed by atoms with Crippen LogP contribution < -0.4 is 5.32 Å². The number of ether oxygens (including phenoxy) is 1. The van der Waals surface area contributed by atoms with Gasteiger partial charge < -0.3 is 10.1 Å². The zero-order chi connectivity index (χ0) is 18.3. The highest BCUT2D eigenvalue weighted by Crippen LogP contribution is 2.21. The van der Waals surface area contributed by atoms with Crippen LogP contribution in [0.3, 0.4) is 0 Å². The van der Waals surface area contributed by atoms with Gasteiger partial charge >= 0.3 is 5.97 Å². The Kier molecular flexibility index (Phi) is 6.95. The number of sulfonamides is 1. The largest absolute Gasteiger partial charge is 0.452 e. The fourth-order valence-electron chi connectivity index (χ4n) is 2.57. The van der Waals surface area contributed by atoms with Gasteiger partial charge in [-0.05, 0) is 37.5 Å². The molecule has 0 spiro atoms. The van der Waals surface area contributed by atoms with Crippen LogP contribution in [0, 0.1) is 0 Å². The van der Waals surface area contributed by atoms with Gasteiger partial charge in [0.2, 0.25) is 10.0 Å². The van der Waals surface area contributed by atoms with Crippen molar-refractivity contribution in [3.05, 3.63) is 29.8 Å². The number of esters is 1. The van der Waals surface area contributed by atoms with Crippen LogP contribution >= 0.6 is 0 Å². The lowest BCUT2D eigenvalue weighted by atomic mass is 10.2. The molecule has 1 fully saturated rings. The van der Waals surface area contributed by atoms with E-state index in [4.69, 9.17) is 4.74 Å². The highest BCUT2D eigenvalue weighted by Gasteiger charge is 2.26. The van der Waals surface area contributed by atoms with Crippen molar-refractivity contribution in [2.75, 3.05) is 26.2 Å². The Morgan fingerprint density at radius 2 is 1.92 bits per heavy atom. The van der Waals surface area contributed by atoms with Crippen molar-refractivity contribution in [1.82, 2.24) is 9.62 Å². The predicted molar refractivity (Wildman–Crippen MR) is 92.6 cm³/mol. The first-order chi connectivity index (χ1) is 11.9. The monoisotopic (exact) mass is 368 g/mol. The number of hydrogen-bond donors (Lipinski definition) is 1. The zero-order valence-electron chi connectivity index (χ0n) is 14.4. The Morgan fingerprint density at radius 3 is 2.60 bits per heavy atom. The summed E-state index contributed by atoms with van der Waals surface area (Å²) >= 11 is 0. The van der Waals surface area contributed by atoms with Crippen molar-refractivity contribution >= 4 is 21.9 Å². The van der Waals surface area contributed by atoms with Gasteiger partial charge in [0.05, 0.1) is 10.5 Å². The zero-order valence-corrected chi connectivity index (χ0v) is 15.2. The van der Waals surface area contributed by atoms with E-state index in [9.17, 15) is 18.0 Å². The maximum absolute atomic E-state index is 12.7. The lowest BCUT2D eigenvalue weighted by Gasteiger charge is -2.25. The fraction of sp³-hybridized carbons (Fsp3) is 0.529. The Bertz CT molecular complexity index is 712. The first-order valence-electron chi connectivity index (χ1n) is 8.49. The summed E-state index contributed by atoms with van der Waals surface area (Å²) in [6, 6.07) is 5.75. The third kappa shape index (κ3) is 5.27. The molecule has 0 saturated carbocycles. The molecule has 1 aromatic rings. The van der Waals surface area contributed by atoms with Crippen LogP contribution in [-0.4, -0.2) is 50.8 Å². The highest BCUT2D eigenvalue weighted by atomic mass is 32.2. The second-order valence-electron chi connectivity index (χ2n) is 5.92. The Labute approximate surface area is 148 Å². The van der Waals surface area contributed by atoms with Crippen molar-refractivity contribution in [2.24, 2.45) is 0 Å². The normalized spacial score (nSPS) is 15.6. The average molecular weight is 368 g/mol. The van der Waals surface area contributed by atoms with Crippen LogP contribution in [-0.2, 0) is 19.6 Å². The van der Waals surface area contributed by atoms with Crippen molar-refractivity contribution in [1.29, 1.82) is 0 Å². The van der Waals surface area contributed by atoms with Gasteiger partial charge in [0.1, 0.15) is 0 Å². The maximum atomic E-state index is 12.7. The molecule has 0 unspecified atom stereocenters. The van der Waals surface area contributed by atoms with Gasteiger partial charge in [-0.2, -0.15) is 4.31 Å². The average Bonchev–Trinajstić information content (AvgIpc) is 2.65. The number of hydrogen-bond acceptors (Lipinski definition) is 5. The van der Waals surface area contributed by atoms with Crippen LogP contribution in [0.4, 0.5) is 0 Å². The molecule has 1 N–H and O–H groups in total. The summed E-state index contributed by atoms with van der Waals surface area (Å²) in [5.41, 5.74) is 0.112. The van der Waals surface area contributed by atoms with E-state index in [1.54, 1.807) is 0 Å². The van der Waals surface area contributed by atoms with Gasteiger partial charge in [-0.3, -0.25) is 4.79 Å². The molecular weight excluding hydrogens is 344 g/mol. The lowest BCUT2D eigenvalue weighted by Crippen LogP contribution is -2.35. The van der Waals surface area contributed by atoms with E-state index in [0.29, 0.717) is 19.6 Å². The number of carbonyl (C=O) groups excluding carboxylic acids is 2. The standard InChI is InChI=1S/C17H24N2O5S/c1-2-9-18-16(20)13-24-17(21)14-7-6-8-15(12-14)25(22,23)19-10-4-3-5-11-19/h6-8,12H,2-5,9-11,13H2,1H3,(H,18,20). The molecule has 1 aliphatic rings. The van der Waals surface area contributed by atoms with Crippen molar-refractivity contribution in [3.63, 3.8) is 0 Å². The summed E-state index contributed by atoms with van der Waals surface area (Å²) in [5.74, 6) is -1.10. The summed E-state index contributed by atoms with van der Waals surface area (Å²) < 4.78 is 31.7. The third-order valence-electron chi connectivity index (χ3n) is 3.93. The SMILES string of the molecule is CCCNC(=O)COC(=O)c1cccc(S(=O)(=O)N2CCCCC2)c1. The van der Waals surface area contributed by atoms with Crippen molar-refractivity contribution < 1.29 is 22.7 Å². The molecule has 138 valence electrons. The number of nitrogens with zero attached hydrogens (tertiary/aromatic N) is 1. The fourth-order valence-corrected chi connectivity index (χ4v) is 4.13. The van der Waals surface area contributed by atoms with Gasteiger partial charge in [0.25, 0.3) is 5.91 Å². The molecule has 1 saturated heterocycles. The molecule has 7 nitrogen and oxygen atoms in total. The van der Waals surface area contributed by atoms with Crippen molar-refractivity contribution in [2.45, 2.75) is 37.5 Å². The number of nitrogens with one attached hydrogen (secondary N) is 1. The van der Waals surface area contributed by atoms with Crippen LogP contribution in [0.25, 0.3) is 0 Å². The summed E-state index contributed by atoms with van der Waals surface area (Å²) in [5, 5.41) is 2.60. The number of carbonyl (C=O) groups is 2. The molecule has 0 atom stereocenters. The van der Waals surface area contributed by atoms with Gasteiger partial charge in [-0.1, -0.05) is 19.4 Å². The molecule has 2 rings (SSSR count). The summed E-state index contributed by atoms with van der Waals surface area (Å²) in [4.78, 5) is 23.6. The molecule has 1 heterocycles. The van der Waals surface area contributed by atoms with Crippen LogP contribution in [0.15, 0.2) is 29.2 Å². The number of benzene rings is 1. The molecule has 0 aromatic heterocycles. The first kappa shape index (κ1) is 19.4. The van der Waals surface area contributed by atoms with E-state index in [2.05, 4.69) is 5.32 Å². The maximum Gasteiger partial charge on any atom is 0.338 e. The molecule has 25 heavy (non-hydrogen) atoms. The quantitative estimate of drug-likeness (QED) is 0.737. The van der Waals surface area contributed by atoms with Crippen molar-refractivity contribution in [3.8, 4) is 0 Å². The van der Waals surface area contributed by atoms with E-state index in [1.165, 1.54) is 28.6 Å². The third-order valence-corrected chi connectivity index (χ3v) is 5.82. The second-order valence-corrected chi connectivity index (χ2v) is 7.86. The van der Waals surface area contributed by atoms with Gasteiger partial charge in [-0.25, -0.2) is 13.2 Å². The predicted octanol–water partition coefficient (Wildman–Crippen LogP) is 1.54. The molecule has 1 aromatic carbocycles. The molecule has 0 bridgehead atoms. The van der Waals surface area contributed by atoms with Crippen LogP contribution in [0.1, 0.15) is 43.0 Å². The van der Waals surface area contributed by atoms with E-state index >= 15 is 0 Å².